The molecular weight excluding hydrogens is 457 g/mol. The van der Waals surface area contributed by atoms with Crippen molar-refractivity contribution in [3.63, 3.8) is 0 Å². The van der Waals surface area contributed by atoms with Crippen LogP contribution in [0.3, 0.4) is 0 Å². The van der Waals surface area contributed by atoms with Gasteiger partial charge in [0.2, 0.25) is 5.88 Å². The summed E-state index contributed by atoms with van der Waals surface area (Å²) < 4.78 is 44.7. The fourth-order valence-electron chi connectivity index (χ4n) is 5.17. The topological polar surface area (TPSA) is 68.2 Å². The lowest BCUT2D eigenvalue weighted by Crippen LogP contribution is -2.59. The van der Waals surface area contributed by atoms with Gasteiger partial charge in [-0.3, -0.25) is 14.8 Å². The zero-order chi connectivity index (χ0) is 24.7. The second-order valence-corrected chi connectivity index (χ2v) is 9.26. The van der Waals surface area contributed by atoms with Gasteiger partial charge in [0.05, 0.1) is 17.3 Å². The first-order valence-corrected chi connectivity index (χ1v) is 11.6. The summed E-state index contributed by atoms with van der Waals surface area (Å²) in [6, 6.07) is 7.66. The van der Waals surface area contributed by atoms with E-state index in [9.17, 15) is 18.0 Å². The van der Waals surface area contributed by atoms with Gasteiger partial charge in [0.25, 0.3) is 5.91 Å². The number of aromatic nitrogens is 3. The molecule has 3 aromatic heterocycles. The van der Waals surface area contributed by atoms with E-state index in [1.807, 2.05) is 36.9 Å². The van der Waals surface area contributed by atoms with E-state index in [1.165, 1.54) is 6.07 Å². The van der Waals surface area contributed by atoms with Crippen molar-refractivity contribution in [2.45, 2.75) is 51.4 Å². The van der Waals surface area contributed by atoms with Gasteiger partial charge in [-0.05, 0) is 68.4 Å². The first-order valence-electron chi connectivity index (χ1n) is 11.6. The maximum atomic E-state index is 13.8. The molecule has 3 fully saturated rings. The quantitative estimate of drug-likeness (QED) is 0.508. The molecule has 0 spiro atoms. The number of pyridine rings is 3. The number of fused-ring (bicyclic) bond motifs is 3. The van der Waals surface area contributed by atoms with Crippen molar-refractivity contribution in [1.82, 2.24) is 19.9 Å². The van der Waals surface area contributed by atoms with Crippen LogP contribution >= 0.6 is 0 Å². The van der Waals surface area contributed by atoms with Crippen LogP contribution in [0, 0.1) is 19.8 Å². The first-order chi connectivity index (χ1) is 16.7. The molecular formula is C26H25F3N4O2. The van der Waals surface area contributed by atoms with Gasteiger partial charge < -0.3 is 9.64 Å². The number of ether oxygens (including phenoxy) is 1. The van der Waals surface area contributed by atoms with Crippen molar-refractivity contribution in [2.24, 2.45) is 5.92 Å². The highest BCUT2D eigenvalue weighted by molar-refractivity contribution is 6.00. The van der Waals surface area contributed by atoms with Gasteiger partial charge in [-0.1, -0.05) is 6.07 Å². The summed E-state index contributed by atoms with van der Waals surface area (Å²) in [5.41, 5.74) is 2.84. The van der Waals surface area contributed by atoms with Gasteiger partial charge in [0.1, 0.15) is 11.8 Å². The van der Waals surface area contributed by atoms with Crippen molar-refractivity contribution < 1.29 is 22.7 Å². The Bertz CT molecular complexity index is 1250. The van der Waals surface area contributed by atoms with Crippen LogP contribution in [-0.4, -0.2) is 44.4 Å². The van der Waals surface area contributed by atoms with E-state index in [1.54, 1.807) is 12.4 Å². The molecule has 1 amide bonds. The summed E-state index contributed by atoms with van der Waals surface area (Å²) in [5, 5.41) is 0. The number of aryl methyl sites for hydroxylation is 2. The molecule has 6 nitrogen and oxygen atoms in total. The minimum atomic E-state index is -4.46. The van der Waals surface area contributed by atoms with Crippen LogP contribution in [0.5, 0.6) is 5.88 Å². The third kappa shape index (κ3) is 4.47. The average Bonchev–Trinajstić information content (AvgIpc) is 2.84. The summed E-state index contributed by atoms with van der Waals surface area (Å²) in [6.07, 6.45) is 1.76. The van der Waals surface area contributed by atoms with Gasteiger partial charge in [-0.15, -0.1) is 0 Å². The normalized spacial score (nSPS) is 21.7. The first kappa shape index (κ1) is 23.3. The Kier molecular flexibility index (Phi) is 5.94. The maximum Gasteiger partial charge on any atom is 0.417 e. The molecule has 1 aliphatic carbocycles. The molecule has 0 radical (unpaired) electrons. The number of carbonyl (C=O) groups is 1. The van der Waals surface area contributed by atoms with Crippen LogP contribution in [0.2, 0.25) is 0 Å². The highest BCUT2D eigenvalue weighted by atomic mass is 19.4. The van der Waals surface area contributed by atoms with E-state index >= 15 is 0 Å². The predicted molar refractivity (Wildman–Crippen MR) is 123 cm³/mol. The molecule has 35 heavy (non-hydrogen) atoms. The van der Waals surface area contributed by atoms with E-state index in [-0.39, 0.29) is 29.9 Å². The smallest absolute Gasteiger partial charge is 0.417 e. The number of alkyl halides is 3. The molecule has 9 heteroatoms. The highest BCUT2D eigenvalue weighted by Gasteiger charge is 2.45. The predicted octanol–water partition coefficient (Wildman–Crippen LogP) is 5.25. The fourth-order valence-corrected chi connectivity index (χ4v) is 5.17. The van der Waals surface area contributed by atoms with Gasteiger partial charge in [-0.2, -0.15) is 13.2 Å². The van der Waals surface area contributed by atoms with E-state index in [0.29, 0.717) is 12.2 Å². The number of rotatable bonds is 4. The van der Waals surface area contributed by atoms with Crippen molar-refractivity contribution in [1.29, 1.82) is 0 Å². The van der Waals surface area contributed by atoms with Crippen LogP contribution in [-0.2, 0) is 6.18 Å². The van der Waals surface area contributed by atoms with Crippen LogP contribution in [0.4, 0.5) is 13.2 Å². The lowest BCUT2D eigenvalue weighted by atomic mass is 9.77. The van der Waals surface area contributed by atoms with E-state index in [0.717, 1.165) is 53.9 Å². The Morgan fingerprint density at radius 1 is 1.03 bits per heavy atom. The number of hydrogen-bond acceptors (Lipinski definition) is 5. The molecule has 2 bridgehead atoms. The molecule has 0 N–H and O–H groups in total. The minimum absolute atomic E-state index is 0.126. The van der Waals surface area contributed by atoms with Crippen molar-refractivity contribution in [3.05, 3.63) is 71.3 Å². The highest BCUT2D eigenvalue weighted by Crippen LogP contribution is 2.39. The maximum absolute atomic E-state index is 13.8. The molecule has 182 valence electrons. The molecule has 3 aromatic rings. The molecule has 2 saturated heterocycles. The molecule has 2 aliphatic heterocycles. The lowest BCUT2D eigenvalue weighted by molar-refractivity contribution is -0.137. The summed E-state index contributed by atoms with van der Waals surface area (Å²) in [6.45, 7) is 4.49. The monoisotopic (exact) mass is 482 g/mol. The molecule has 6 rings (SSSR count). The minimum Gasteiger partial charge on any atom is -0.472 e. The van der Waals surface area contributed by atoms with E-state index in [2.05, 4.69) is 15.0 Å². The number of nitrogens with zero attached hydrogens (tertiary/aromatic N) is 4. The summed E-state index contributed by atoms with van der Waals surface area (Å²) in [7, 11) is 0. The third-order valence-corrected chi connectivity index (χ3v) is 6.93. The van der Waals surface area contributed by atoms with Gasteiger partial charge in [0, 0.05) is 36.8 Å². The molecule has 3 unspecified atom stereocenters. The second kappa shape index (κ2) is 8.94. The van der Waals surface area contributed by atoms with Gasteiger partial charge >= 0.3 is 6.18 Å². The van der Waals surface area contributed by atoms with Crippen molar-refractivity contribution in [3.8, 4) is 17.1 Å². The van der Waals surface area contributed by atoms with Gasteiger partial charge in [0.15, 0.2) is 0 Å². The number of carbonyl (C=O) groups excluding carboxylic acids is 1. The Balaban J connectivity index is 1.42. The molecule has 3 atom stereocenters. The summed E-state index contributed by atoms with van der Waals surface area (Å²) >= 11 is 0. The Morgan fingerprint density at radius 2 is 1.86 bits per heavy atom. The Hall–Kier alpha value is -3.49. The Labute approximate surface area is 201 Å². The van der Waals surface area contributed by atoms with Crippen LogP contribution < -0.4 is 4.74 Å². The summed E-state index contributed by atoms with van der Waals surface area (Å²) in [4.78, 5) is 28.5. The third-order valence-electron chi connectivity index (χ3n) is 6.93. The zero-order valence-corrected chi connectivity index (χ0v) is 19.4. The zero-order valence-electron chi connectivity index (χ0n) is 19.4. The van der Waals surface area contributed by atoms with Crippen LogP contribution in [0.1, 0.15) is 46.4 Å². The average molecular weight is 483 g/mol. The van der Waals surface area contributed by atoms with Crippen molar-refractivity contribution >= 4 is 5.91 Å². The molecule has 0 aromatic carbocycles. The van der Waals surface area contributed by atoms with Gasteiger partial charge in [-0.25, -0.2) is 4.98 Å². The Morgan fingerprint density at radius 3 is 2.54 bits per heavy atom. The standard InChI is InChI=1S/C26H25F3N4O2/c1-15-9-11-31-24(22(15)23-16(2)4-3-10-30-23)25(34)33-14-17-5-7-19(33)20(12-17)35-21-8-6-18(13-32-21)26(27,28)29/h3-4,6,8-11,13,17,19-20H,5,7,12,14H2,1-2H3. The number of halogens is 3. The lowest BCUT2D eigenvalue weighted by Gasteiger charge is -2.49. The van der Waals surface area contributed by atoms with Crippen LogP contribution in [0.15, 0.2) is 48.9 Å². The molecule has 5 heterocycles. The van der Waals surface area contributed by atoms with E-state index in [4.69, 9.17) is 4.74 Å². The fraction of sp³-hybridized carbons (Fsp3) is 0.385. The number of piperidine rings is 2. The van der Waals surface area contributed by atoms with Crippen molar-refractivity contribution in [2.75, 3.05) is 6.54 Å². The second-order valence-electron chi connectivity index (χ2n) is 9.26. The molecule has 1 saturated carbocycles. The SMILES string of the molecule is Cc1cccnc1-c1c(C)ccnc1C(=O)N1CC2CCC1C(Oc1ccc(C(F)(F)F)cn1)C2. The van der Waals surface area contributed by atoms with E-state index < -0.39 is 11.7 Å². The largest absolute Gasteiger partial charge is 0.472 e. The number of hydrogen-bond donors (Lipinski definition) is 0. The summed E-state index contributed by atoms with van der Waals surface area (Å²) in [5.74, 6) is 0.187. The molecule has 3 aliphatic rings. The van der Waals surface area contributed by atoms with Crippen LogP contribution in [0.25, 0.3) is 11.3 Å². The number of amides is 1.